The molecule has 3 rings (SSSR count). The molecule has 0 spiro atoms. The summed E-state index contributed by atoms with van der Waals surface area (Å²) in [6, 6.07) is 13.4. The summed E-state index contributed by atoms with van der Waals surface area (Å²) >= 11 is 0. The van der Waals surface area contributed by atoms with Crippen molar-refractivity contribution in [1.29, 1.82) is 0 Å². The Balaban J connectivity index is 1.77. The fourth-order valence-electron chi connectivity index (χ4n) is 4.40. The number of carbonyl (C=O) groups is 2. The van der Waals surface area contributed by atoms with Gasteiger partial charge in [-0.25, -0.2) is 13.1 Å². The molecule has 2 amide bonds. The number of likely N-dealkylation sites (N-methyl/N-ethyl adjacent to an activating group) is 1. The van der Waals surface area contributed by atoms with Gasteiger partial charge in [0.2, 0.25) is 17.7 Å². The van der Waals surface area contributed by atoms with Crippen LogP contribution in [0.1, 0.15) is 57.4 Å². The highest BCUT2D eigenvalue weighted by atomic mass is 32.2. The van der Waals surface area contributed by atoms with E-state index in [1.807, 2.05) is 52.0 Å². The zero-order chi connectivity index (χ0) is 29.0. The van der Waals surface area contributed by atoms with Gasteiger partial charge in [-0.05, 0) is 42.9 Å². The molecule has 0 aliphatic rings. The van der Waals surface area contributed by atoms with Crippen LogP contribution in [0.5, 0.6) is 0 Å². The maximum absolute atomic E-state index is 13.2. The number of anilines is 1. The SMILES string of the molecule is CCCC(=O)N(C)[C@H](C(=O)NCc1ccc(-c2ccccc2S(=O)(=O)Nc2onc(C)c2C)cc1)C(C)(C)C. The van der Waals surface area contributed by atoms with Crippen molar-refractivity contribution in [3.63, 3.8) is 0 Å². The molecule has 2 N–H and O–H groups in total. The van der Waals surface area contributed by atoms with Gasteiger partial charge in [-0.1, -0.05) is 75.3 Å². The van der Waals surface area contributed by atoms with E-state index in [4.69, 9.17) is 4.52 Å². The van der Waals surface area contributed by atoms with Gasteiger partial charge in [-0.15, -0.1) is 0 Å². The average molecular weight is 555 g/mol. The molecule has 0 radical (unpaired) electrons. The number of carbonyl (C=O) groups excluding carboxylic acids is 2. The number of benzene rings is 2. The van der Waals surface area contributed by atoms with Crippen LogP contribution in [0.15, 0.2) is 57.9 Å². The van der Waals surface area contributed by atoms with E-state index < -0.39 is 21.5 Å². The number of amides is 2. The minimum Gasteiger partial charge on any atom is -0.350 e. The number of hydrogen-bond donors (Lipinski definition) is 2. The van der Waals surface area contributed by atoms with Crippen LogP contribution >= 0.6 is 0 Å². The summed E-state index contributed by atoms with van der Waals surface area (Å²) in [4.78, 5) is 27.3. The van der Waals surface area contributed by atoms with Crippen LogP contribution in [0, 0.1) is 19.3 Å². The van der Waals surface area contributed by atoms with Gasteiger partial charge in [0.25, 0.3) is 10.0 Å². The van der Waals surface area contributed by atoms with Crippen molar-refractivity contribution in [2.45, 2.75) is 71.9 Å². The zero-order valence-corrected chi connectivity index (χ0v) is 24.5. The minimum absolute atomic E-state index is 0.0614. The van der Waals surface area contributed by atoms with Gasteiger partial charge in [0.15, 0.2) is 0 Å². The molecule has 3 aromatic rings. The van der Waals surface area contributed by atoms with E-state index in [9.17, 15) is 18.0 Å². The van der Waals surface area contributed by atoms with E-state index in [0.29, 0.717) is 35.2 Å². The molecule has 0 aliphatic carbocycles. The first-order valence-corrected chi connectivity index (χ1v) is 14.4. The highest BCUT2D eigenvalue weighted by Crippen LogP contribution is 2.30. The minimum atomic E-state index is -3.95. The van der Waals surface area contributed by atoms with Crippen LogP contribution in [-0.4, -0.2) is 43.4 Å². The van der Waals surface area contributed by atoms with Crippen molar-refractivity contribution in [2.24, 2.45) is 5.41 Å². The molecule has 0 unspecified atom stereocenters. The van der Waals surface area contributed by atoms with E-state index in [0.717, 1.165) is 5.56 Å². The Kier molecular flexibility index (Phi) is 9.22. The first kappa shape index (κ1) is 29.9. The number of nitrogens with zero attached hydrogens (tertiary/aromatic N) is 2. The fourth-order valence-corrected chi connectivity index (χ4v) is 5.68. The van der Waals surface area contributed by atoms with Crippen LogP contribution in [0.3, 0.4) is 0 Å². The highest BCUT2D eigenvalue weighted by molar-refractivity contribution is 7.92. The van der Waals surface area contributed by atoms with Crippen molar-refractivity contribution in [3.05, 3.63) is 65.4 Å². The van der Waals surface area contributed by atoms with Crippen LogP contribution in [0.2, 0.25) is 0 Å². The topological polar surface area (TPSA) is 122 Å². The van der Waals surface area contributed by atoms with Crippen LogP contribution in [-0.2, 0) is 26.2 Å². The molecule has 0 saturated carbocycles. The monoisotopic (exact) mass is 554 g/mol. The van der Waals surface area contributed by atoms with Gasteiger partial charge in [-0.3, -0.25) is 9.59 Å². The summed E-state index contributed by atoms with van der Waals surface area (Å²) in [5, 5.41) is 6.77. The molecule has 39 heavy (non-hydrogen) atoms. The third-order valence-corrected chi connectivity index (χ3v) is 7.99. The fraction of sp³-hybridized carbons (Fsp3) is 0.414. The average Bonchev–Trinajstić information content (AvgIpc) is 3.18. The van der Waals surface area contributed by atoms with Crippen molar-refractivity contribution in [3.8, 4) is 11.1 Å². The van der Waals surface area contributed by atoms with Gasteiger partial charge in [0.05, 0.1) is 10.6 Å². The zero-order valence-electron chi connectivity index (χ0n) is 23.7. The molecule has 1 aromatic heterocycles. The van der Waals surface area contributed by atoms with Crippen molar-refractivity contribution in [2.75, 3.05) is 11.8 Å². The number of aromatic nitrogens is 1. The molecule has 0 aliphatic heterocycles. The number of nitrogens with one attached hydrogen (secondary N) is 2. The Labute approximate surface area is 231 Å². The molecule has 210 valence electrons. The molecule has 0 bridgehead atoms. The maximum atomic E-state index is 13.2. The third kappa shape index (κ3) is 7.06. The van der Waals surface area contributed by atoms with Gasteiger partial charge in [0, 0.05) is 31.1 Å². The second kappa shape index (κ2) is 12.0. The molecule has 10 heteroatoms. The van der Waals surface area contributed by atoms with E-state index in [1.165, 1.54) is 11.0 Å². The number of sulfonamides is 1. The Hall–Kier alpha value is -3.66. The Morgan fingerprint density at radius 2 is 1.69 bits per heavy atom. The van der Waals surface area contributed by atoms with Gasteiger partial charge in [0.1, 0.15) is 6.04 Å². The molecule has 9 nitrogen and oxygen atoms in total. The van der Waals surface area contributed by atoms with Gasteiger partial charge in [-0.2, -0.15) is 0 Å². The van der Waals surface area contributed by atoms with Gasteiger partial charge >= 0.3 is 0 Å². The van der Waals surface area contributed by atoms with Crippen LogP contribution in [0.25, 0.3) is 11.1 Å². The Morgan fingerprint density at radius 3 is 2.26 bits per heavy atom. The van der Waals surface area contributed by atoms with E-state index in [-0.39, 0.29) is 29.1 Å². The predicted molar refractivity (Wildman–Crippen MR) is 151 cm³/mol. The lowest BCUT2D eigenvalue weighted by Crippen LogP contribution is -2.54. The Morgan fingerprint density at radius 1 is 1.05 bits per heavy atom. The Bertz CT molecular complexity index is 1420. The van der Waals surface area contributed by atoms with E-state index in [1.54, 1.807) is 39.1 Å². The molecule has 0 fully saturated rings. The summed E-state index contributed by atoms with van der Waals surface area (Å²) in [5.41, 5.74) is 2.85. The summed E-state index contributed by atoms with van der Waals surface area (Å²) in [6.45, 7) is 11.5. The quantitative estimate of drug-likeness (QED) is 0.362. The second-order valence-corrected chi connectivity index (χ2v) is 12.4. The summed E-state index contributed by atoms with van der Waals surface area (Å²) in [7, 11) is -2.27. The normalized spacial score (nSPS) is 12.6. The lowest BCUT2D eigenvalue weighted by atomic mass is 9.85. The van der Waals surface area contributed by atoms with E-state index >= 15 is 0 Å². The molecular formula is C29H38N4O5S. The largest absolute Gasteiger partial charge is 0.350 e. The number of hydrogen-bond acceptors (Lipinski definition) is 6. The van der Waals surface area contributed by atoms with E-state index in [2.05, 4.69) is 15.2 Å². The van der Waals surface area contributed by atoms with Gasteiger partial charge < -0.3 is 14.7 Å². The maximum Gasteiger partial charge on any atom is 0.264 e. The number of aryl methyl sites for hydroxylation is 1. The third-order valence-electron chi connectivity index (χ3n) is 6.61. The molecular weight excluding hydrogens is 516 g/mol. The highest BCUT2D eigenvalue weighted by Gasteiger charge is 2.36. The van der Waals surface area contributed by atoms with Crippen molar-refractivity contribution in [1.82, 2.24) is 15.4 Å². The smallest absolute Gasteiger partial charge is 0.264 e. The first-order valence-electron chi connectivity index (χ1n) is 12.9. The summed E-state index contributed by atoms with van der Waals surface area (Å²) < 4.78 is 34.1. The second-order valence-electron chi connectivity index (χ2n) is 10.8. The molecule has 2 aromatic carbocycles. The van der Waals surface area contributed by atoms with Crippen LogP contribution < -0.4 is 10.0 Å². The lowest BCUT2D eigenvalue weighted by molar-refractivity contribution is -0.143. The number of rotatable bonds is 10. The first-order chi connectivity index (χ1) is 18.3. The summed E-state index contributed by atoms with van der Waals surface area (Å²) in [5.74, 6) is -0.198. The standard InChI is InChI=1S/C29H38N4O5S/c1-8-11-25(34)33(7)26(29(4,5)6)27(35)30-18-21-14-16-22(17-15-21)23-12-9-10-13-24(23)39(36,37)32-28-19(2)20(3)31-38-28/h9-10,12-17,26,32H,8,11,18H2,1-7H3,(H,30,35)/t26-/m1/s1. The molecule has 1 atom stereocenters. The van der Waals surface area contributed by atoms with Crippen LogP contribution in [0.4, 0.5) is 5.88 Å². The van der Waals surface area contributed by atoms with Crippen molar-refractivity contribution < 1.29 is 22.5 Å². The molecule has 0 saturated heterocycles. The predicted octanol–water partition coefficient (Wildman–Crippen LogP) is 5.05. The lowest BCUT2D eigenvalue weighted by Gasteiger charge is -2.36. The summed E-state index contributed by atoms with van der Waals surface area (Å²) in [6.07, 6.45) is 1.11. The molecule has 1 heterocycles. The van der Waals surface area contributed by atoms with Crippen molar-refractivity contribution >= 4 is 27.7 Å².